The third-order valence-electron chi connectivity index (χ3n) is 6.89. The molecule has 1 saturated heterocycles. The summed E-state index contributed by atoms with van der Waals surface area (Å²) in [6.45, 7) is 7.30. The van der Waals surface area contributed by atoms with E-state index in [9.17, 15) is 0 Å². The number of aromatic amines is 2. The van der Waals surface area contributed by atoms with Gasteiger partial charge >= 0.3 is 0 Å². The maximum Gasteiger partial charge on any atom is 0.144 e. The molecule has 3 N–H and O–H groups in total. The van der Waals surface area contributed by atoms with Crippen LogP contribution in [0.25, 0.3) is 17.3 Å². The Balaban J connectivity index is 1.60. The van der Waals surface area contributed by atoms with Crippen molar-refractivity contribution >= 4 is 17.3 Å². The van der Waals surface area contributed by atoms with Crippen molar-refractivity contribution < 1.29 is 4.74 Å². The molecule has 0 amide bonds. The lowest BCUT2D eigenvalue weighted by molar-refractivity contribution is 0.223. The molecular weight excluding hydrogens is 410 g/mol. The summed E-state index contributed by atoms with van der Waals surface area (Å²) >= 11 is 0. The number of ether oxygens (including phenoxy) is 1. The van der Waals surface area contributed by atoms with Crippen LogP contribution in [0, 0.1) is 13.8 Å². The van der Waals surface area contributed by atoms with Gasteiger partial charge < -0.3 is 20.0 Å². The van der Waals surface area contributed by atoms with E-state index >= 15 is 0 Å². The third kappa shape index (κ3) is 4.28. The first kappa shape index (κ1) is 21.7. The topological polar surface area (TPSA) is 68.4 Å². The number of hydrogen-bond donors (Lipinski definition) is 3. The van der Waals surface area contributed by atoms with Crippen molar-refractivity contribution in [1.82, 2.24) is 20.2 Å². The first-order valence-corrected chi connectivity index (χ1v) is 11.8. The Morgan fingerprint density at radius 2 is 1.94 bits per heavy atom. The minimum Gasteiger partial charge on any atom is -0.494 e. The van der Waals surface area contributed by atoms with Crippen LogP contribution in [0.1, 0.15) is 29.8 Å². The minimum atomic E-state index is 0.626. The highest BCUT2D eigenvalue weighted by molar-refractivity contribution is 5.89. The fourth-order valence-electron chi connectivity index (χ4n) is 5.03. The van der Waals surface area contributed by atoms with Crippen molar-refractivity contribution in [2.75, 3.05) is 33.8 Å². The second-order valence-electron chi connectivity index (χ2n) is 9.15. The van der Waals surface area contributed by atoms with Crippen molar-refractivity contribution in [3.63, 3.8) is 0 Å². The summed E-state index contributed by atoms with van der Waals surface area (Å²) in [6.07, 6.45) is 4.49. The number of nitrogens with zero attached hydrogens (tertiary/aromatic N) is 2. The Labute approximate surface area is 194 Å². The molecule has 0 radical (unpaired) electrons. The molecule has 0 unspecified atom stereocenters. The van der Waals surface area contributed by atoms with E-state index < -0.39 is 0 Å². The lowest BCUT2D eigenvalue weighted by Crippen LogP contribution is -2.42. The number of rotatable bonds is 5. The minimum absolute atomic E-state index is 0.626. The molecule has 2 aliphatic rings. The second kappa shape index (κ2) is 9.04. The Hall–Kier alpha value is -3.09. The van der Waals surface area contributed by atoms with Gasteiger partial charge in [-0.3, -0.25) is 4.90 Å². The number of methoxy groups -OCH3 is 1. The van der Waals surface area contributed by atoms with Crippen molar-refractivity contribution in [2.24, 2.45) is 4.99 Å². The molecule has 0 saturated carbocycles. The Morgan fingerprint density at radius 3 is 2.64 bits per heavy atom. The number of aromatic nitrogens is 2. The number of likely N-dealkylation sites (tertiary alicyclic amines) is 1. The number of fused-ring (bicyclic) bond motifs is 1. The van der Waals surface area contributed by atoms with E-state index in [4.69, 9.17) is 9.73 Å². The van der Waals surface area contributed by atoms with Crippen LogP contribution in [0.2, 0.25) is 0 Å². The first-order chi connectivity index (χ1) is 16.1. The second-order valence-corrected chi connectivity index (χ2v) is 9.15. The smallest absolute Gasteiger partial charge is 0.144 e. The molecule has 6 heteroatoms. The van der Waals surface area contributed by atoms with Crippen LogP contribution in [0.15, 0.2) is 41.4 Å². The van der Waals surface area contributed by atoms with E-state index in [2.05, 4.69) is 83.6 Å². The zero-order chi connectivity index (χ0) is 22.9. The summed E-state index contributed by atoms with van der Waals surface area (Å²) in [5, 5.41) is 7.65. The number of aryl methyl sites for hydroxylation is 2. The molecule has 3 aromatic rings. The maximum absolute atomic E-state index is 5.73. The zero-order valence-electron chi connectivity index (χ0n) is 20.0. The van der Waals surface area contributed by atoms with Gasteiger partial charge in [0.05, 0.1) is 28.9 Å². The van der Waals surface area contributed by atoms with E-state index in [0.717, 1.165) is 58.5 Å². The number of piperidine rings is 1. The molecule has 0 atom stereocenters. The number of benzene rings is 1. The average Bonchev–Trinajstić information content (AvgIpc) is 3.49. The highest BCUT2D eigenvalue weighted by Crippen LogP contribution is 2.19. The lowest BCUT2D eigenvalue weighted by atomic mass is 10.0. The molecule has 0 aliphatic carbocycles. The van der Waals surface area contributed by atoms with Gasteiger partial charge in [0, 0.05) is 40.8 Å². The average molecular weight is 444 g/mol. The van der Waals surface area contributed by atoms with Gasteiger partial charge in [0.1, 0.15) is 5.75 Å². The van der Waals surface area contributed by atoms with Crippen LogP contribution < -0.4 is 31.3 Å². The fraction of sp³-hybridized carbons (Fsp3) is 0.370. The van der Waals surface area contributed by atoms with Crippen LogP contribution in [-0.4, -0.2) is 54.7 Å². The molecule has 6 nitrogen and oxygen atoms in total. The molecule has 172 valence electrons. The predicted molar refractivity (Wildman–Crippen MR) is 133 cm³/mol. The molecule has 0 bridgehead atoms. The van der Waals surface area contributed by atoms with Gasteiger partial charge in [0.15, 0.2) is 0 Å². The Morgan fingerprint density at radius 1 is 1.15 bits per heavy atom. The molecule has 2 aliphatic heterocycles. The summed E-state index contributed by atoms with van der Waals surface area (Å²) in [6, 6.07) is 13.3. The van der Waals surface area contributed by atoms with Crippen LogP contribution in [-0.2, 0) is 0 Å². The van der Waals surface area contributed by atoms with Crippen LogP contribution in [0.5, 0.6) is 5.75 Å². The normalized spacial score (nSPS) is 19.2. The van der Waals surface area contributed by atoms with Gasteiger partial charge in [0.2, 0.25) is 0 Å². The number of H-pyrrole nitrogens is 2. The van der Waals surface area contributed by atoms with Gasteiger partial charge in [-0.2, -0.15) is 0 Å². The summed E-state index contributed by atoms with van der Waals surface area (Å²) < 4.78 is 5.73. The molecule has 1 fully saturated rings. The Bertz CT molecular complexity index is 1400. The van der Waals surface area contributed by atoms with Crippen molar-refractivity contribution in [1.29, 1.82) is 0 Å². The van der Waals surface area contributed by atoms with E-state index in [1.807, 2.05) is 0 Å². The lowest BCUT2D eigenvalue weighted by Gasteiger charge is -2.32. The van der Waals surface area contributed by atoms with Crippen molar-refractivity contribution in [3.05, 3.63) is 74.6 Å². The van der Waals surface area contributed by atoms with E-state index in [-0.39, 0.29) is 0 Å². The largest absolute Gasteiger partial charge is 0.494 e. The third-order valence-corrected chi connectivity index (χ3v) is 6.89. The molecule has 33 heavy (non-hydrogen) atoms. The summed E-state index contributed by atoms with van der Waals surface area (Å²) in [5.41, 5.74) is 5.76. The van der Waals surface area contributed by atoms with Crippen molar-refractivity contribution in [3.8, 4) is 5.75 Å². The van der Waals surface area contributed by atoms with Crippen LogP contribution in [0.4, 0.5) is 0 Å². The monoisotopic (exact) mass is 443 g/mol. The van der Waals surface area contributed by atoms with Gasteiger partial charge in [-0.1, -0.05) is 18.2 Å². The maximum atomic E-state index is 5.73. The van der Waals surface area contributed by atoms with Crippen molar-refractivity contribution in [2.45, 2.75) is 32.7 Å². The first-order valence-electron chi connectivity index (χ1n) is 11.8. The van der Waals surface area contributed by atoms with E-state index in [1.165, 1.54) is 29.2 Å². The standard InChI is InChI=1S/C27H33N5O/c1-17-13-18(2)29-23(17)14-24-26(33-4)15-25(30-24)27-21(20-7-5-6-8-22(20)31-27)16-32-11-9-19(28-3)10-12-32/h5-8,13-15,19,28-30H,9-12,16H2,1-4H3/b24-14-,27-25?. The van der Waals surface area contributed by atoms with E-state index in [0.29, 0.717) is 6.04 Å². The SMILES string of the molecule is CNC1CCN(CC2=c3ccccc3=NC2=c2cc(OC)/c(=C/c3[nH]c(C)cc3C)[nH]2)CC1. The molecule has 2 aromatic heterocycles. The molecule has 5 rings (SSSR count). The van der Waals surface area contributed by atoms with Crippen LogP contribution >= 0.6 is 0 Å². The van der Waals surface area contributed by atoms with Gasteiger partial charge in [-0.05, 0) is 70.6 Å². The van der Waals surface area contributed by atoms with Gasteiger partial charge in [-0.15, -0.1) is 0 Å². The highest BCUT2D eigenvalue weighted by Gasteiger charge is 2.22. The molecule has 1 aromatic carbocycles. The summed E-state index contributed by atoms with van der Waals surface area (Å²) in [7, 11) is 3.79. The zero-order valence-corrected chi connectivity index (χ0v) is 20.0. The van der Waals surface area contributed by atoms with Crippen LogP contribution in [0.3, 0.4) is 0 Å². The molecular formula is C27H33N5O. The number of para-hydroxylation sites is 1. The van der Waals surface area contributed by atoms with E-state index in [1.54, 1.807) is 7.11 Å². The molecule has 4 heterocycles. The van der Waals surface area contributed by atoms with Gasteiger partial charge in [-0.25, -0.2) is 4.99 Å². The van der Waals surface area contributed by atoms with Gasteiger partial charge in [0.25, 0.3) is 0 Å². The fourth-order valence-corrected chi connectivity index (χ4v) is 5.03. The highest BCUT2D eigenvalue weighted by atomic mass is 16.5. The number of hydrogen-bond acceptors (Lipinski definition) is 4. The Kier molecular flexibility index (Phi) is 5.96. The molecule has 0 spiro atoms. The summed E-state index contributed by atoms with van der Waals surface area (Å²) in [4.78, 5) is 14.6. The number of nitrogens with one attached hydrogen (secondary N) is 3. The predicted octanol–water partition coefficient (Wildman–Crippen LogP) is 1.07. The summed E-state index contributed by atoms with van der Waals surface area (Å²) in [5.74, 6) is 0.824. The quantitative estimate of drug-likeness (QED) is 0.553.